The second kappa shape index (κ2) is 4.58. The zero-order chi connectivity index (χ0) is 11.8. The van der Waals surface area contributed by atoms with Gasteiger partial charge in [0, 0.05) is 0 Å². The Morgan fingerprint density at radius 3 is 2.12 bits per heavy atom. The maximum Gasteiger partial charge on any atom is 0.141 e. The third-order valence-corrected chi connectivity index (χ3v) is 4.29. The highest BCUT2D eigenvalue weighted by Gasteiger charge is 2.52. The highest BCUT2D eigenvalue weighted by molar-refractivity contribution is 4.88. The number of hydrogen-bond acceptors (Lipinski definition) is 4. The van der Waals surface area contributed by atoms with Crippen molar-refractivity contribution in [3.8, 4) is 0 Å². The fourth-order valence-electron chi connectivity index (χ4n) is 3.33. The van der Waals surface area contributed by atoms with E-state index in [1.807, 2.05) is 0 Å². The number of aliphatic hydroxyl groups excluding tert-OH is 4. The van der Waals surface area contributed by atoms with Crippen LogP contribution in [0.3, 0.4) is 0 Å². The highest BCUT2D eigenvalue weighted by Crippen LogP contribution is 2.31. The first kappa shape index (κ1) is 12.3. The number of aliphatic hydroxyl groups is 4. The summed E-state index contributed by atoms with van der Waals surface area (Å²) in [6.45, 7) is 2.08. The Labute approximate surface area is 95.5 Å². The zero-order valence-electron chi connectivity index (χ0n) is 9.50. The van der Waals surface area contributed by atoms with Crippen LogP contribution < -0.4 is 0 Å². The van der Waals surface area contributed by atoms with Crippen LogP contribution in [0.15, 0.2) is 0 Å². The molecule has 2 aliphatic rings. The minimum absolute atomic E-state index is 0.134. The number of rotatable bonds is 1. The summed E-state index contributed by atoms with van der Waals surface area (Å²) in [4.78, 5) is 0. The van der Waals surface area contributed by atoms with Gasteiger partial charge in [0.2, 0.25) is 0 Å². The van der Waals surface area contributed by atoms with Gasteiger partial charge in [-0.05, 0) is 19.3 Å². The molecule has 0 aliphatic carbocycles. The maximum atomic E-state index is 9.94. The maximum absolute atomic E-state index is 9.94. The molecule has 1 spiro atoms. The van der Waals surface area contributed by atoms with Gasteiger partial charge in [-0.25, -0.2) is 0 Å². The molecule has 16 heavy (non-hydrogen) atoms. The summed E-state index contributed by atoms with van der Waals surface area (Å²) >= 11 is 0. The minimum Gasteiger partial charge on any atom is -0.390 e. The van der Waals surface area contributed by atoms with Crippen molar-refractivity contribution in [3.05, 3.63) is 0 Å². The molecule has 0 saturated carbocycles. The average Bonchev–Trinajstić information content (AvgIpc) is 2.28. The van der Waals surface area contributed by atoms with E-state index >= 15 is 0 Å². The predicted molar refractivity (Wildman–Crippen MR) is 57.6 cm³/mol. The summed E-state index contributed by atoms with van der Waals surface area (Å²) in [6.07, 6.45) is 0.274. The molecule has 0 aromatic carbocycles. The molecule has 2 rings (SSSR count). The van der Waals surface area contributed by atoms with Gasteiger partial charge in [0.1, 0.15) is 30.9 Å². The minimum atomic E-state index is -1.12. The van der Waals surface area contributed by atoms with Gasteiger partial charge in [-0.1, -0.05) is 0 Å². The number of hydrogen-bond donors (Lipinski definition) is 4. The van der Waals surface area contributed by atoms with E-state index in [0.717, 1.165) is 25.9 Å². The van der Waals surface area contributed by atoms with E-state index in [1.165, 1.54) is 6.42 Å². The SMILES string of the molecule is OC[C@@H]1[C@@H](O)[C@H](O)[C@H](O)C[N+]12CCCCC2. The van der Waals surface area contributed by atoms with Crippen molar-refractivity contribution in [3.63, 3.8) is 0 Å². The Kier molecular flexibility index (Phi) is 3.51. The molecule has 5 heteroatoms. The van der Waals surface area contributed by atoms with Gasteiger partial charge in [-0.2, -0.15) is 0 Å². The lowest BCUT2D eigenvalue weighted by Gasteiger charge is -2.53. The van der Waals surface area contributed by atoms with Crippen LogP contribution >= 0.6 is 0 Å². The molecule has 0 amide bonds. The molecule has 2 saturated heterocycles. The Morgan fingerprint density at radius 1 is 0.938 bits per heavy atom. The summed E-state index contributed by atoms with van der Waals surface area (Å²) in [5, 5.41) is 38.8. The average molecular weight is 232 g/mol. The summed E-state index contributed by atoms with van der Waals surface area (Å²) in [5.41, 5.74) is 0. The molecular formula is C11H22NO4+. The Balaban J connectivity index is 2.21. The molecular weight excluding hydrogens is 210 g/mol. The molecule has 4 atom stereocenters. The van der Waals surface area contributed by atoms with E-state index in [-0.39, 0.29) is 12.6 Å². The van der Waals surface area contributed by atoms with E-state index in [0.29, 0.717) is 11.0 Å². The van der Waals surface area contributed by atoms with Crippen molar-refractivity contribution in [2.24, 2.45) is 0 Å². The van der Waals surface area contributed by atoms with Crippen molar-refractivity contribution in [1.29, 1.82) is 0 Å². The van der Waals surface area contributed by atoms with Gasteiger partial charge in [0.25, 0.3) is 0 Å². The Bertz CT molecular complexity index is 242. The second-order valence-electron chi connectivity index (χ2n) is 5.21. The number of quaternary nitrogens is 1. The van der Waals surface area contributed by atoms with E-state index in [9.17, 15) is 20.4 Å². The zero-order valence-corrected chi connectivity index (χ0v) is 9.50. The van der Waals surface area contributed by atoms with E-state index in [1.54, 1.807) is 0 Å². The second-order valence-corrected chi connectivity index (χ2v) is 5.21. The van der Waals surface area contributed by atoms with Gasteiger partial charge in [-0.15, -0.1) is 0 Å². The molecule has 4 N–H and O–H groups in total. The fourth-order valence-corrected chi connectivity index (χ4v) is 3.33. The monoisotopic (exact) mass is 232 g/mol. The van der Waals surface area contributed by atoms with E-state index in [4.69, 9.17) is 0 Å². The van der Waals surface area contributed by atoms with Gasteiger partial charge in [-0.3, -0.25) is 0 Å². The first-order chi connectivity index (χ1) is 7.60. The van der Waals surface area contributed by atoms with Crippen LogP contribution in [0.25, 0.3) is 0 Å². The van der Waals surface area contributed by atoms with Crippen LogP contribution in [-0.4, -0.2) is 75.5 Å². The lowest BCUT2D eigenvalue weighted by molar-refractivity contribution is -0.967. The Hall–Kier alpha value is -0.200. The van der Waals surface area contributed by atoms with Crippen LogP contribution in [0.4, 0.5) is 0 Å². The van der Waals surface area contributed by atoms with Crippen LogP contribution in [-0.2, 0) is 0 Å². The van der Waals surface area contributed by atoms with Gasteiger partial charge in [0.15, 0.2) is 0 Å². The third kappa shape index (κ3) is 1.87. The largest absolute Gasteiger partial charge is 0.390 e. The van der Waals surface area contributed by atoms with Crippen molar-refractivity contribution in [2.45, 2.75) is 43.6 Å². The number of nitrogens with zero attached hydrogens (tertiary/aromatic N) is 1. The normalized spacial score (nSPS) is 43.5. The summed E-state index contributed by atoms with van der Waals surface area (Å²) in [7, 11) is 0. The molecule has 5 nitrogen and oxygen atoms in total. The lowest BCUT2D eigenvalue weighted by Crippen LogP contribution is -2.73. The first-order valence-corrected chi connectivity index (χ1v) is 6.11. The highest BCUT2D eigenvalue weighted by atomic mass is 16.4. The standard InChI is InChI=1S/C11H22NO4/c13-7-8-10(15)11(16)9(14)6-12(8)4-2-1-3-5-12/h8-11,13-16H,1-7H2/q+1/t8-,9-,10-,11-/m1/s1. The molecule has 0 aromatic rings. The van der Waals surface area contributed by atoms with Crippen LogP contribution in [0, 0.1) is 0 Å². The van der Waals surface area contributed by atoms with Crippen LogP contribution in [0.2, 0.25) is 0 Å². The van der Waals surface area contributed by atoms with E-state index < -0.39 is 18.3 Å². The number of piperidine rings is 2. The predicted octanol–water partition coefficient (Wildman–Crippen LogP) is -1.56. The molecule has 94 valence electrons. The molecule has 0 bridgehead atoms. The van der Waals surface area contributed by atoms with Gasteiger partial charge in [0.05, 0.1) is 19.7 Å². The molecule has 0 aromatic heterocycles. The fraction of sp³-hybridized carbons (Fsp3) is 1.00. The van der Waals surface area contributed by atoms with Crippen molar-refractivity contribution < 1.29 is 24.9 Å². The summed E-state index contributed by atoms with van der Waals surface area (Å²) in [5.74, 6) is 0. The van der Waals surface area contributed by atoms with Gasteiger partial charge >= 0.3 is 0 Å². The molecule has 0 radical (unpaired) electrons. The quantitative estimate of drug-likeness (QED) is 0.412. The third-order valence-electron chi connectivity index (χ3n) is 4.29. The smallest absolute Gasteiger partial charge is 0.141 e. The summed E-state index contributed by atoms with van der Waals surface area (Å²) < 4.78 is 0.565. The van der Waals surface area contributed by atoms with E-state index in [2.05, 4.69) is 0 Å². The van der Waals surface area contributed by atoms with Crippen LogP contribution in [0.5, 0.6) is 0 Å². The molecule has 2 heterocycles. The molecule has 2 fully saturated rings. The van der Waals surface area contributed by atoms with Crippen LogP contribution in [0.1, 0.15) is 19.3 Å². The van der Waals surface area contributed by atoms with Gasteiger partial charge < -0.3 is 24.9 Å². The van der Waals surface area contributed by atoms with Crippen molar-refractivity contribution in [2.75, 3.05) is 26.2 Å². The molecule has 2 aliphatic heterocycles. The molecule has 0 unspecified atom stereocenters. The Morgan fingerprint density at radius 2 is 1.56 bits per heavy atom. The van der Waals surface area contributed by atoms with Crippen molar-refractivity contribution >= 4 is 0 Å². The lowest BCUT2D eigenvalue weighted by atomic mass is 9.88. The topological polar surface area (TPSA) is 80.9 Å². The van der Waals surface area contributed by atoms with Crippen molar-refractivity contribution in [1.82, 2.24) is 0 Å². The summed E-state index contributed by atoms with van der Waals surface area (Å²) in [6, 6.07) is -0.348. The first-order valence-electron chi connectivity index (χ1n) is 6.11.